The molecule has 0 aliphatic heterocycles. The number of rotatable bonds is 4. The summed E-state index contributed by atoms with van der Waals surface area (Å²) in [6.07, 6.45) is 0. The van der Waals surface area contributed by atoms with E-state index < -0.39 is 0 Å². The van der Waals surface area contributed by atoms with Gasteiger partial charge in [0.2, 0.25) is 0 Å². The van der Waals surface area contributed by atoms with Crippen LogP contribution < -0.4 is 37.2 Å². The molecule has 188 valence electrons. The monoisotopic (exact) mass is 572 g/mol. The van der Waals surface area contributed by atoms with Crippen LogP contribution >= 0.6 is 0 Å². The summed E-state index contributed by atoms with van der Waals surface area (Å²) in [5, 5.41) is 0. The molecule has 4 aromatic rings. The molecule has 0 heterocycles. The van der Waals surface area contributed by atoms with Crippen LogP contribution in [0.4, 0.5) is 0 Å². The first-order valence-corrected chi connectivity index (χ1v) is 11.6. The first-order valence-electron chi connectivity index (χ1n) is 11.6. The quantitative estimate of drug-likeness (QED) is 0.172. The third-order valence-electron chi connectivity index (χ3n) is 6.86. The van der Waals surface area contributed by atoms with Crippen LogP contribution in [-0.2, 0) is 27.1 Å². The van der Waals surface area contributed by atoms with Crippen LogP contribution in [0.2, 0.25) is 0 Å². The van der Waals surface area contributed by atoms with Gasteiger partial charge in [-0.3, -0.25) is 0 Å². The van der Waals surface area contributed by atoms with Crippen LogP contribution in [0.5, 0.6) is 0 Å². The van der Waals surface area contributed by atoms with Crippen LogP contribution in [0.15, 0.2) is 66.7 Å². The molecule has 0 fully saturated rings. The molecule has 0 unspecified atom stereocenters. The van der Waals surface area contributed by atoms with Crippen molar-refractivity contribution in [3.8, 4) is 0 Å². The predicted octanol–water partition coefficient (Wildman–Crippen LogP) is -0.735. The molecule has 4 rings (SSSR count). The van der Waals surface area contributed by atoms with E-state index >= 15 is 0 Å². The Morgan fingerprint density at radius 1 is 0.472 bits per heavy atom. The van der Waals surface area contributed by atoms with E-state index in [0.717, 1.165) is 0 Å². The summed E-state index contributed by atoms with van der Waals surface area (Å²) < 4.78 is 0. The number of halogens is 3. The van der Waals surface area contributed by atoms with Crippen molar-refractivity contribution >= 4 is 0 Å². The van der Waals surface area contributed by atoms with Gasteiger partial charge in [-0.05, 0) is 58.2 Å². The van der Waals surface area contributed by atoms with Crippen LogP contribution in [0.1, 0.15) is 66.8 Å². The zero-order valence-electron chi connectivity index (χ0n) is 22.5. The molecule has 0 nitrogen and oxygen atoms in total. The summed E-state index contributed by atoms with van der Waals surface area (Å²) in [5.74, 6) is 0. The Hall–Kier alpha value is -1.41. The number of benzene rings is 3. The second-order valence-electron chi connectivity index (χ2n) is 9.93. The molecule has 4 aromatic carbocycles. The van der Waals surface area contributed by atoms with Crippen molar-refractivity contribution < 1.29 is 58.9 Å². The summed E-state index contributed by atoms with van der Waals surface area (Å²) in [6, 6.07) is 25.8. The Kier molecular flexibility index (Phi) is 12.9. The van der Waals surface area contributed by atoms with Gasteiger partial charge in [0.1, 0.15) is 0 Å². The Labute approximate surface area is 251 Å². The molecule has 0 aliphatic carbocycles. The molecular weight excluding hydrogens is 539 g/mol. The van der Waals surface area contributed by atoms with Crippen LogP contribution in [0, 0.1) is 55.4 Å². The third kappa shape index (κ3) is 6.35. The molecule has 0 spiro atoms. The molecule has 0 amide bonds. The van der Waals surface area contributed by atoms with Crippen LogP contribution in [0.25, 0.3) is 0 Å². The second-order valence-corrected chi connectivity index (χ2v) is 9.93. The maximum Gasteiger partial charge on any atom is 4.00 e. The molecule has 0 aromatic heterocycles. The normalized spacial score (nSPS) is 10.4. The molecule has 0 saturated heterocycles. The van der Waals surface area contributed by atoms with Gasteiger partial charge in [0, 0.05) is 5.41 Å². The fraction of sp³-hybridized carbons (Fsp3) is 0.281. The smallest absolute Gasteiger partial charge is 1.00 e. The van der Waals surface area contributed by atoms with E-state index in [2.05, 4.69) is 122 Å². The Morgan fingerprint density at radius 3 is 0.972 bits per heavy atom. The van der Waals surface area contributed by atoms with E-state index in [1.165, 1.54) is 66.8 Å². The minimum absolute atomic E-state index is 0. The van der Waals surface area contributed by atoms with Crippen molar-refractivity contribution in [1.82, 2.24) is 0 Å². The summed E-state index contributed by atoms with van der Waals surface area (Å²) in [4.78, 5) is 0. The first kappa shape index (κ1) is 34.6. The maximum absolute atomic E-state index is 2.39. The minimum atomic E-state index is -0.372. The van der Waals surface area contributed by atoms with E-state index in [1.54, 1.807) is 0 Å². The van der Waals surface area contributed by atoms with Crippen molar-refractivity contribution in [3.63, 3.8) is 0 Å². The van der Waals surface area contributed by atoms with Crippen molar-refractivity contribution in [2.24, 2.45) is 0 Å². The van der Waals surface area contributed by atoms with Crippen molar-refractivity contribution in [2.75, 3.05) is 0 Å². The molecule has 36 heavy (non-hydrogen) atoms. The first-order chi connectivity index (χ1) is 15.1. The van der Waals surface area contributed by atoms with Gasteiger partial charge in [0.05, 0.1) is 0 Å². The zero-order valence-corrected chi connectivity index (χ0v) is 26.3. The molecule has 0 radical (unpaired) electrons. The second kappa shape index (κ2) is 13.4. The van der Waals surface area contributed by atoms with Crippen molar-refractivity contribution in [3.05, 3.63) is 133 Å². The van der Waals surface area contributed by atoms with E-state index in [0.29, 0.717) is 0 Å². The topological polar surface area (TPSA) is 0 Å². The molecule has 0 bridgehead atoms. The van der Waals surface area contributed by atoms with Gasteiger partial charge in [-0.2, -0.15) is 17.2 Å². The van der Waals surface area contributed by atoms with Crippen LogP contribution in [0.3, 0.4) is 0 Å². The van der Waals surface area contributed by atoms with Gasteiger partial charge in [-0.1, -0.05) is 102 Å². The van der Waals surface area contributed by atoms with E-state index in [9.17, 15) is 0 Å². The summed E-state index contributed by atoms with van der Waals surface area (Å²) in [5.41, 5.74) is 15.6. The van der Waals surface area contributed by atoms with Crippen molar-refractivity contribution in [2.45, 2.75) is 60.8 Å². The van der Waals surface area contributed by atoms with Gasteiger partial charge >= 0.3 is 21.7 Å². The summed E-state index contributed by atoms with van der Waals surface area (Å²) >= 11 is 0. The Bertz CT molecular complexity index is 1130. The zero-order chi connectivity index (χ0) is 23.2. The fourth-order valence-electron chi connectivity index (χ4n) is 5.62. The summed E-state index contributed by atoms with van der Waals surface area (Å²) in [6.45, 7) is 17.8. The SMILES string of the molecule is Cc1cc(C)cc(C(c2cc(C)cc(C)c2)(c2cc(C)cc(C)c2)[c-]2ccc(C)c2C)c1.[Cl-].[Cl-].[Cl-].[Ti+4]. The summed E-state index contributed by atoms with van der Waals surface area (Å²) in [7, 11) is 0. The average molecular weight is 574 g/mol. The minimum Gasteiger partial charge on any atom is -1.00 e. The van der Waals surface area contributed by atoms with Gasteiger partial charge in [-0.25, -0.2) is 6.07 Å². The largest absolute Gasteiger partial charge is 4.00 e. The van der Waals surface area contributed by atoms with Crippen molar-refractivity contribution in [1.29, 1.82) is 0 Å². The Balaban J connectivity index is 0.00000306. The van der Waals surface area contributed by atoms with Gasteiger partial charge in [0.15, 0.2) is 0 Å². The molecule has 0 N–H and O–H groups in total. The van der Waals surface area contributed by atoms with Gasteiger partial charge in [-0.15, -0.1) is 5.56 Å². The molecule has 0 saturated carbocycles. The molecule has 0 atom stereocenters. The van der Waals surface area contributed by atoms with Crippen LogP contribution in [-0.4, -0.2) is 0 Å². The Morgan fingerprint density at radius 2 is 0.750 bits per heavy atom. The fourth-order valence-corrected chi connectivity index (χ4v) is 5.62. The van der Waals surface area contributed by atoms with Gasteiger partial charge < -0.3 is 37.2 Å². The number of hydrogen-bond acceptors (Lipinski definition) is 0. The molecular formula is C32H35Cl3Ti. The maximum atomic E-state index is 2.39. The molecule has 0 aliphatic rings. The van der Waals surface area contributed by atoms with E-state index in [4.69, 9.17) is 0 Å². The van der Waals surface area contributed by atoms with E-state index in [1.807, 2.05) is 0 Å². The number of hydrogen-bond donors (Lipinski definition) is 0. The average Bonchev–Trinajstić information content (AvgIpc) is 3.00. The number of aryl methyl sites for hydroxylation is 7. The van der Waals surface area contributed by atoms with E-state index in [-0.39, 0.29) is 64.4 Å². The predicted molar refractivity (Wildman–Crippen MR) is 138 cm³/mol. The third-order valence-corrected chi connectivity index (χ3v) is 6.86. The molecule has 4 heteroatoms. The van der Waals surface area contributed by atoms with Gasteiger partial charge in [0.25, 0.3) is 0 Å². The standard InChI is InChI=1S/C32H35.3ClH.Ti/c1-20-11-21(2)15-28(14-20)32(31-10-9-26(7)27(31)8,29-16-22(3)12-23(4)17-29)30-18-24(5)13-25(6)19-30;;;;/h9-19H,1-8H3;3*1H;/q-1;;;;+4/p-3.